The Morgan fingerprint density at radius 1 is 1.44 bits per heavy atom. The van der Waals surface area contributed by atoms with E-state index in [9.17, 15) is 22.1 Å². The molecule has 0 aromatic heterocycles. The molecule has 0 amide bonds. The molecule has 7 nitrogen and oxygen atoms in total. The minimum atomic E-state index is -5.26. The third-order valence-electron chi connectivity index (χ3n) is 1.54. The molecule has 13 heteroatoms. The van der Waals surface area contributed by atoms with Gasteiger partial charge >= 0.3 is 98.0 Å². The summed E-state index contributed by atoms with van der Waals surface area (Å²) in [5.74, 6) is 0. The van der Waals surface area contributed by atoms with Gasteiger partial charge in [-0.05, 0) is 0 Å². The van der Waals surface area contributed by atoms with Crippen molar-refractivity contribution in [2.24, 2.45) is 0 Å². The van der Waals surface area contributed by atoms with E-state index in [2.05, 4.69) is 17.9 Å². The summed E-state index contributed by atoms with van der Waals surface area (Å²) in [7, 11) is -10.1. The maximum absolute atomic E-state index is 12.9. The van der Waals surface area contributed by atoms with Gasteiger partial charge in [-0.1, -0.05) is 0 Å². The van der Waals surface area contributed by atoms with E-state index >= 15 is 0 Å². The van der Waals surface area contributed by atoms with Crippen molar-refractivity contribution in [3.63, 3.8) is 0 Å². The Kier molecular flexibility index (Phi) is 5.07. The molecular formula is C5H10F4O7P2. The third-order valence-corrected chi connectivity index (χ3v) is 4.98. The van der Waals surface area contributed by atoms with Crippen LogP contribution in [-0.2, 0) is 22.4 Å². The molecule has 0 spiro atoms. The second kappa shape index (κ2) is 5.64. The van der Waals surface area contributed by atoms with E-state index in [4.69, 9.17) is 9.79 Å². The van der Waals surface area contributed by atoms with Gasteiger partial charge in [0.05, 0.1) is 0 Å². The topological polar surface area (TPSA) is 94.5 Å². The van der Waals surface area contributed by atoms with Gasteiger partial charge in [0, 0.05) is 0 Å². The predicted octanol–water partition coefficient (Wildman–Crippen LogP) is 1.82. The van der Waals surface area contributed by atoms with E-state index in [0.29, 0.717) is 0 Å². The Labute approximate surface area is 98.9 Å². The Balaban J connectivity index is 2.77. The Morgan fingerprint density at radius 2 is 2.06 bits per heavy atom. The quantitative estimate of drug-likeness (QED) is 0.602. The van der Waals surface area contributed by atoms with Crippen LogP contribution in [0.1, 0.15) is 6.42 Å². The summed E-state index contributed by atoms with van der Waals surface area (Å²) >= 11 is 0. The van der Waals surface area contributed by atoms with Crippen molar-refractivity contribution in [1.82, 2.24) is 0 Å². The zero-order valence-corrected chi connectivity index (χ0v) is 10.5. The summed E-state index contributed by atoms with van der Waals surface area (Å²) in [6, 6.07) is 0. The van der Waals surface area contributed by atoms with Crippen LogP contribution in [0.3, 0.4) is 0 Å². The van der Waals surface area contributed by atoms with E-state index in [-0.39, 0.29) is 6.42 Å². The van der Waals surface area contributed by atoms with E-state index in [0.717, 1.165) is 0 Å². The van der Waals surface area contributed by atoms with Gasteiger partial charge in [0.25, 0.3) is 0 Å². The van der Waals surface area contributed by atoms with Crippen molar-refractivity contribution >= 4 is 16.0 Å². The predicted molar refractivity (Wildman–Crippen MR) is 50.0 cm³/mol. The molecule has 1 aliphatic rings. The number of phosphoric acid groups is 1. The van der Waals surface area contributed by atoms with Gasteiger partial charge in [0.2, 0.25) is 0 Å². The molecule has 1 saturated heterocycles. The molecular weight excluding hydrogens is 310 g/mol. The van der Waals surface area contributed by atoms with Crippen molar-refractivity contribution in [3.05, 3.63) is 0 Å². The van der Waals surface area contributed by atoms with Crippen LogP contribution in [0.25, 0.3) is 0 Å². The molecule has 0 aromatic rings. The normalized spacial score (nSPS) is 26.9. The first-order chi connectivity index (χ1) is 8.02. The summed E-state index contributed by atoms with van der Waals surface area (Å²) in [4.78, 5) is 17.1. The summed E-state index contributed by atoms with van der Waals surface area (Å²) in [6.45, 7) is -2.38. The van der Waals surface area contributed by atoms with Crippen LogP contribution >= 0.6 is 16.0 Å². The first kappa shape index (κ1) is 16.2. The van der Waals surface area contributed by atoms with Gasteiger partial charge in [-0.15, -0.1) is 0 Å². The SMILES string of the molecule is O=P(O)(O)O[PH]1(OCC(F)(F)F)OCCC(F)O1. The Hall–Kier alpha value is 0.140. The van der Waals surface area contributed by atoms with Gasteiger partial charge in [0.15, 0.2) is 0 Å². The molecule has 0 bridgehead atoms. The van der Waals surface area contributed by atoms with Crippen molar-refractivity contribution in [2.75, 3.05) is 13.2 Å². The summed E-state index contributed by atoms with van der Waals surface area (Å²) < 4.78 is 76.2. The van der Waals surface area contributed by atoms with Gasteiger partial charge in [-0.25, -0.2) is 0 Å². The average molecular weight is 320 g/mol. The van der Waals surface area contributed by atoms with Crippen molar-refractivity contribution in [2.45, 2.75) is 19.0 Å². The zero-order valence-electron chi connectivity index (χ0n) is 8.59. The van der Waals surface area contributed by atoms with Gasteiger partial charge in [-0.3, -0.25) is 0 Å². The Bertz CT molecular complexity index is 332. The summed E-state index contributed by atoms with van der Waals surface area (Å²) in [6.07, 6.45) is -7.20. The Morgan fingerprint density at radius 3 is 2.50 bits per heavy atom. The molecule has 1 atom stereocenters. The molecule has 1 heterocycles. The van der Waals surface area contributed by atoms with Crippen LogP contribution in [0, 0.1) is 0 Å². The first-order valence-electron chi connectivity index (χ1n) is 4.44. The third kappa shape index (κ3) is 5.85. The number of rotatable bonds is 4. The molecule has 0 aliphatic carbocycles. The molecule has 110 valence electrons. The number of hydrogen-bond donors (Lipinski definition) is 2. The van der Waals surface area contributed by atoms with Crippen molar-refractivity contribution in [1.29, 1.82) is 0 Å². The van der Waals surface area contributed by atoms with Gasteiger partial charge < -0.3 is 0 Å². The average Bonchev–Trinajstić information content (AvgIpc) is 2.11. The van der Waals surface area contributed by atoms with Crippen LogP contribution < -0.4 is 0 Å². The molecule has 1 rings (SSSR count). The summed E-state index contributed by atoms with van der Waals surface area (Å²) in [5.41, 5.74) is 0. The fraction of sp³-hybridized carbons (Fsp3) is 1.00. The second-order valence-electron chi connectivity index (χ2n) is 3.15. The van der Waals surface area contributed by atoms with Crippen LogP contribution in [0.4, 0.5) is 17.6 Å². The van der Waals surface area contributed by atoms with Crippen LogP contribution in [0.2, 0.25) is 0 Å². The van der Waals surface area contributed by atoms with Crippen molar-refractivity contribution in [3.8, 4) is 0 Å². The van der Waals surface area contributed by atoms with Gasteiger partial charge in [-0.2, -0.15) is 0 Å². The van der Waals surface area contributed by atoms with Crippen LogP contribution in [0.5, 0.6) is 0 Å². The standard InChI is InChI=1S/C5H10F4O7P2/c6-4-1-2-13-18(15-4,16-17(10,11)12)14-3-5(7,8)9/h4,18H,1-3H2,(H2,10,11,12). The second-order valence-corrected chi connectivity index (χ2v) is 6.68. The monoisotopic (exact) mass is 320 g/mol. The number of hydrogen-bond acceptors (Lipinski definition) is 5. The zero-order chi connectivity index (χ0) is 14.0. The number of halogens is 4. The first-order valence-corrected chi connectivity index (χ1v) is 7.60. The molecule has 0 saturated carbocycles. The molecule has 1 fully saturated rings. The molecule has 0 radical (unpaired) electrons. The molecule has 1 unspecified atom stereocenters. The van der Waals surface area contributed by atoms with E-state index in [1.807, 2.05) is 0 Å². The molecule has 18 heavy (non-hydrogen) atoms. The van der Waals surface area contributed by atoms with Crippen LogP contribution in [0.15, 0.2) is 0 Å². The molecule has 0 aromatic carbocycles. The molecule has 1 aliphatic heterocycles. The van der Waals surface area contributed by atoms with E-state index in [1.54, 1.807) is 0 Å². The minimum absolute atomic E-state index is 0.311. The fourth-order valence-corrected chi connectivity index (χ4v) is 4.11. The molecule has 2 N–H and O–H groups in total. The van der Waals surface area contributed by atoms with E-state index < -0.39 is 41.7 Å². The van der Waals surface area contributed by atoms with Crippen molar-refractivity contribution < 1.29 is 49.8 Å². The van der Waals surface area contributed by atoms with Gasteiger partial charge in [0.1, 0.15) is 0 Å². The summed E-state index contributed by atoms with van der Waals surface area (Å²) in [5, 5.41) is 0. The van der Waals surface area contributed by atoms with E-state index in [1.165, 1.54) is 0 Å². The maximum atomic E-state index is 12.9. The van der Waals surface area contributed by atoms with Crippen LogP contribution in [-0.4, -0.2) is 35.5 Å². The fourth-order valence-electron chi connectivity index (χ4n) is 0.992. The number of alkyl halides is 4.